The molecule has 0 saturated heterocycles. The van der Waals surface area contributed by atoms with Crippen molar-refractivity contribution in [3.8, 4) is 0 Å². The van der Waals surface area contributed by atoms with Crippen LogP contribution in [0.5, 0.6) is 0 Å². The quantitative estimate of drug-likeness (QED) is 0.212. The van der Waals surface area contributed by atoms with Crippen LogP contribution in [0.1, 0.15) is 11.1 Å². The molecule has 0 bridgehead atoms. The van der Waals surface area contributed by atoms with Crippen LogP contribution in [0.4, 0.5) is 0 Å². The normalized spacial score (nSPS) is 11.2. The van der Waals surface area contributed by atoms with Gasteiger partial charge < -0.3 is 5.32 Å². The molecule has 7 nitrogen and oxygen atoms in total. The minimum absolute atomic E-state index is 0.0589. The number of aromatic nitrogens is 4. The molecule has 170 valence electrons. The Bertz CT molecular complexity index is 1340. The Morgan fingerprint density at radius 1 is 1.15 bits per heavy atom. The van der Waals surface area contributed by atoms with Gasteiger partial charge in [-0.15, -0.1) is 16.8 Å². The molecule has 2 heterocycles. The fourth-order valence-electron chi connectivity index (χ4n) is 3.44. The molecule has 1 amide bonds. The van der Waals surface area contributed by atoms with Gasteiger partial charge in [-0.05, 0) is 24.6 Å². The monoisotopic (exact) mass is 479 g/mol. The molecule has 4 aromatic rings. The van der Waals surface area contributed by atoms with E-state index in [1.807, 2.05) is 22.6 Å². The van der Waals surface area contributed by atoms with E-state index in [1.54, 1.807) is 23.9 Å². The summed E-state index contributed by atoms with van der Waals surface area (Å²) >= 11 is 3.10. The van der Waals surface area contributed by atoms with E-state index < -0.39 is 0 Å². The van der Waals surface area contributed by atoms with Crippen LogP contribution in [0, 0.1) is 6.92 Å². The van der Waals surface area contributed by atoms with Crippen molar-refractivity contribution in [2.75, 3.05) is 18.1 Å². The standard InChI is InChI=1S/C24H25N5O2S2/c1-3-13-28-22(31)19-6-4-5-7-20(19)29-23(28)26-27-24(29)33-16-21(30)25-12-14-32-15-18-10-8-17(2)9-11-18/h3-11H,1,12-16H2,2H3,(H,25,30). The number of aryl methyl sites for hydroxylation is 1. The molecule has 33 heavy (non-hydrogen) atoms. The van der Waals surface area contributed by atoms with Crippen molar-refractivity contribution in [2.24, 2.45) is 0 Å². The molecular weight excluding hydrogens is 454 g/mol. The number of rotatable bonds is 10. The SMILES string of the molecule is C=CCn1c(=O)c2ccccc2n2c(SCC(=O)NCCSCc3ccc(C)cc3)nnc12. The highest BCUT2D eigenvalue weighted by molar-refractivity contribution is 7.99. The van der Waals surface area contributed by atoms with Crippen LogP contribution in [-0.4, -0.2) is 43.1 Å². The largest absolute Gasteiger partial charge is 0.355 e. The third-order valence-electron chi connectivity index (χ3n) is 5.08. The number of amides is 1. The van der Waals surface area contributed by atoms with Crippen LogP contribution in [0.15, 0.2) is 71.1 Å². The Hall–Kier alpha value is -3.04. The van der Waals surface area contributed by atoms with Crippen molar-refractivity contribution in [2.45, 2.75) is 24.4 Å². The number of fused-ring (bicyclic) bond motifs is 3. The van der Waals surface area contributed by atoms with Crippen LogP contribution in [0.3, 0.4) is 0 Å². The molecule has 0 aliphatic carbocycles. The minimum atomic E-state index is -0.136. The van der Waals surface area contributed by atoms with Crippen LogP contribution in [-0.2, 0) is 17.1 Å². The molecule has 1 N–H and O–H groups in total. The summed E-state index contributed by atoms with van der Waals surface area (Å²) in [5.74, 6) is 2.37. The number of carbonyl (C=O) groups is 1. The second kappa shape index (κ2) is 10.7. The van der Waals surface area contributed by atoms with E-state index in [0.717, 1.165) is 17.0 Å². The van der Waals surface area contributed by atoms with Crippen molar-refractivity contribution in [3.05, 3.63) is 82.7 Å². The number of nitrogens with zero attached hydrogens (tertiary/aromatic N) is 4. The average molecular weight is 480 g/mol. The highest BCUT2D eigenvalue weighted by Crippen LogP contribution is 2.21. The van der Waals surface area contributed by atoms with E-state index in [4.69, 9.17) is 0 Å². The lowest BCUT2D eigenvalue weighted by atomic mass is 10.2. The van der Waals surface area contributed by atoms with Gasteiger partial charge in [0.25, 0.3) is 5.56 Å². The minimum Gasteiger partial charge on any atom is -0.355 e. The molecule has 0 fully saturated rings. The van der Waals surface area contributed by atoms with Crippen molar-refractivity contribution >= 4 is 46.1 Å². The van der Waals surface area contributed by atoms with Gasteiger partial charge in [0.2, 0.25) is 11.7 Å². The van der Waals surface area contributed by atoms with E-state index in [1.165, 1.54) is 27.5 Å². The number of carbonyl (C=O) groups excluding carboxylic acids is 1. The van der Waals surface area contributed by atoms with Gasteiger partial charge in [-0.2, -0.15) is 11.8 Å². The van der Waals surface area contributed by atoms with Crippen molar-refractivity contribution < 1.29 is 4.79 Å². The molecule has 2 aromatic carbocycles. The van der Waals surface area contributed by atoms with Gasteiger partial charge in [0.1, 0.15) is 0 Å². The van der Waals surface area contributed by atoms with Gasteiger partial charge in [-0.25, -0.2) is 0 Å². The van der Waals surface area contributed by atoms with Crippen molar-refractivity contribution in [1.82, 2.24) is 24.5 Å². The van der Waals surface area contributed by atoms with Crippen LogP contribution < -0.4 is 10.9 Å². The molecule has 0 aliphatic heterocycles. The maximum atomic E-state index is 12.8. The Morgan fingerprint density at radius 2 is 1.94 bits per heavy atom. The summed E-state index contributed by atoms with van der Waals surface area (Å²) in [5.41, 5.74) is 3.13. The van der Waals surface area contributed by atoms with Gasteiger partial charge in [0.15, 0.2) is 5.16 Å². The summed E-state index contributed by atoms with van der Waals surface area (Å²) in [7, 11) is 0. The number of para-hydroxylation sites is 1. The first-order chi connectivity index (χ1) is 16.1. The second-order valence-corrected chi connectivity index (χ2v) is 9.56. The van der Waals surface area contributed by atoms with E-state index >= 15 is 0 Å². The average Bonchev–Trinajstić information content (AvgIpc) is 3.25. The molecule has 0 unspecified atom stereocenters. The number of allylic oxidation sites excluding steroid dienone is 1. The highest BCUT2D eigenvalue weighted by atomic mass is 32.2. The smallest absolute Gasteiger partial charge is 0.263 e. The predicted octanol–water partition coefficient (Wildman–Crippen LogP) is 3.68. The van der Waals surface area contributed by atoms with Crippen LogP contribution in [0.2, 0.25) is 0 Å². The first-order valence-corrected chi connectivity index (χ1v) is 12.7. The Balaban J connectivity index is 1.37. The number of hydrogen-bond donors (Lipinski definition) is 1. The number of hydrogen-bond acceptors (Lipinski definition) is 6. The van der Waals surface area contributed by atoms with Crippen LogP contribution >= 0.6 is 23.5 Å². The number of thioether (sulfide) groups is 2. The molecular formula is C24H25N5O2S2. The summed E-state index contributed by atoms with van der Waals surface area (Å²) < 4.78 is 3.37. The second-order valence-electron chi connectivity index (χ2n) is 7.52. The lowest BCUT2D eigenvalue weighted by molar-refractivity contribution is -0.118. The molecule has 2 aromatic heterocycles. The Morgan fingerprint density at radius 3 is 2.73 bits per heavy atom. The fourth-order valence-corrected chi connectivity index (χ4v) is 5.03. The highest BCUT2D eigenvalue weighted by Gasteiger charge is 2.17. The molecule has 0 spiro atoms. The van der Waals surface area contributed by atoms with E-state index in [-0.39, 0.29) is 17.2 Å². The van der Waals surface area contributed by atoms with Gasteiger partial charge in [-0.1, -0.05) is 59.8 Å². The van der Waals surface area contributed by atoms with Gasteiger partial charge in [0.05, 0.1) is 16.7 Å². The molecule has 0 aliphatic rings. The van der Waals surface area contributed by atoms with Crippen molar-refractivity contribution in [1.29, 1.82) is 0 Å². The summed E-state index contributed by atoms with van der Waals surface area (Å²) in [6.07, 6.45) is 1.65. The zero-order valence-corrected chi connectivity index (χ0v) is 20.0. The lowest BCUT2D eigenvalue weighted by Gasteiger charge is -2.09. The van der Waals surface area contributed by atoms with E-state index in [0.29, 0.717) is 29.4 Å². The zero-order chi connectivity index (χ0) is 23.2. The fraction of sp³-hybridized carbons (Fsp3) is 0.250. The Labute approximate surface area is 200 Å². The molecule has 4 rings (SSSR count). The van der Waals surface area contributed by atoms with Gasteiger partial charge in [0, 0.05) is 24.6 Å². The topological polar surface area (TPSA) is 81.3 Å². The Kier molecular flexibility index (Phi) is 7.51. The van der Waals surface area contributed by atoms with Gasteiger partial charge in [-0.3, -0.25) is 18.6 Å². The third-order valence-corrected chi connectivity index (χ3v) is 7.04. The molecule has 0 atom stereocenters. The van der Waals surface area contributed by atoms with Crippen LogP contribution in [0.25, 0.3) is 16.7 Å². The maximum absolute atomic E-state index is 12.8. The summed E-state index contributed by atoms with van der Waals surface area (Å²) in [6, 6.07) is 15.8. The first kappa shape index (κ1) is 23.1. The van der Waals surface area contributed by atoms with Crippen molar-refractivity contribution in [3.63, 3.8) is 0 Å². The third kappa shape index (κ3) is 5.31. The predicted molar refractivity (Wildman–Crippen MR) is 136 cm³/mol. The number of nitrogens with one attached hydrogen (secondary N) is 1. The van der Waals surface area contributed by atoms with Gasteiger partial charge >= 0.3 is 0 Å². The zero-order valence-electron chi connectivity index (χ0n) is 18.4. The summed E-state index contributed by atoms with van der Waals surface area (Å²) in [5, 5.41) is 12.6. The maximum Gasteiger partial charge on any atom is 0.263 e. The van der Waals surface area contributed by atoms with E-state index in [9.17, 15) is 9.59 Å². The molecule has 9 heteroatoms. The first-order valence-electron chi connectivity index (χ1n) is 10.6. The molecule has 0 radical (unpaired) electrons. The van der Waals surface area contributed by atoms with E-state index in [2.05, 4.69) is 53.3 Å². The summed E-state index contributed by atoms with van der Waals surface area (Å²) in [4.78, 5) is 25.2. The number of benzene rings is 2. The molecule has 0 saturated carbocycles. The lowest BCUT2D eigenvalue weighted by Crippen LogP contribution is -2.27. The summed E-state index contributed by atoms with van der Waals surface area (Å²) in [6.45, 7) is 6.75.